The number of piperidine rings is 1. The molecule has 1 nitrogen and oxygen atoms in total. The molecule has 88 valence electrons. The van der Waals surface area contributed by atoms with Gasteiger partial charge in [0.25, 0.3) is 0 Å². The smallest absolute Gasteiger partial charge is 0.00986 e. The van der Waals surface area contributed by atoms with Crippen molar-refractivity contribution in [2.24, 2.45) is 0 Å². The Morgan fingerprint density at radius 2 is 1.87 bits per heavy atom. The van der Waals surface area contributed by atoms with E-state index in [0.717, 1.165) is 12.1 Å². The molecule has 2 rings (SSSR count). The second kappa shape index (κ2) is 5.89. The molecule has 15 heavy (non-hydrogen) atoms. The van der Waals surface area contributed by atoms with Gasteiger partial charge in [0, 0.05) is 12.1 Å². The first-order chi connectivity index (χ1) is 7.42. The molecule has 2 saturated heterocycles. The normalized spacial score (nSPS) is 31.8. The number of nitrogens with zero attached hydrogens (tertiary/aromatic N) is 1. The molecular formula is C14H27N. The SMILES string of the molecule is CCCCCC[C@@H]1CCC[C@H]2CCCN12. The Hall–Kier alpha value is -0.0400. The molecule has 0 aliphatic carbocycles. The summed E-state index contributed by atoms with van der Waals surface area (Å²) in [4.78, 5) is 2.84. The second-order valence-electron chi connectivity index (χ2n) is 5.47. The van der Waals surface area contributed by atoms with E-state index in [2.05, 4.69) is 11.8 Å². The van der Waals surface area contributed by atoms with E-state index < -0.39 is 0 Å². The number of unbranched alkanes of at least 4 members (excludes halogenated alkanes) is 3. The molecule has 2 aliphatic rings. The molecule has 0 aromatic carbocycles. The van der Waals surface area contributed by atoms with Crippen molar-refractivity contribution >= 4 is 0 Å². The van der Waals surface area contributed by atoms with Gasteiger partial charge in [0.05, 0.1) is 0 Å². The molecule has 0 aromatic rings. The van der Waals surface area contributed by atoms with Crippen molar-refractivity contribution in [3.05, 3.63) is 0 Å². The molecule has 2 aliphatic heterocycles. The summed E-state index contributed by atoms with van der Waals surface area (Å²) in [6.07, 6.45) is 14.7. The van der Waals surface area contributed by atoms with Crippen molar-refractivity contribution in [1.82, 2.24) is 4.90 Å². The summed E-state index contributed by atoms with van der Waals surface area (Å²) in [5.41, 5.74) is 0. The van der Waals surface area contributed by atoms with Crippen LogP contribution in [0, 0.1) is 0 Å². The third-order valence-corrected chi connectivity index (χ3v) is 4.36. The second-order valence-corrected chi connectivity index (χ2v) is 5.47. The minimum Gasteiger partial charge on any atom is -0.297 e. The lowest BCUT2D eigenvalue weighted by Gasteiger charge is -2.37. The first-order valence-electron chi connectivity index (χ1n) is 7.17. The maximum atomic E-state index is 2.84. The molecule has 2 atom stereocenters. The Morgan fingerprint density at radius 1 is 1.00 bits per heavy atom. The fourth-order valence-electron chi connectivity index (χ4n) is 3.52. The molecule has 0 N–H and O–H groups in total. The lowest BCUT2D eigenvalue weighted by Crippen LogP contribution is -2.42. The summed E-state index contributed by atoms with van der Waals surface area (Å²) in [7, 11) is 0. The van der Waals surface area contributed by atoms with Crippen LogP contribution in [0.2, 0.25) is 0 Å². The summed E-state index contributed by atoms with van der Waals surface area (Å²) in [5, 5.41) is 0. The lowest BCUT2D eigenvalue weighted by molar-refractivity contribution is 0.114. The van der Waals surface area contributed by atoms with Crippen LogP contribution in [0.5, 0.6) is 0 Å². The van der Waals surface area contributed by atoms with Crippen LogP contribution in [0.1, 0.15) is 71.1 Å². The first-order valence-corrected chi connectivity index (χ1v) is 7.17. The fourth-order valence-corrected chi connectivity index (χ4v) is 3.52. The van der Waals surface area contributed by atoms with Crippen LogP contribution >= 0.6 is 0 Å². The zero-order valence-corrected chi connectivity index (χ0v) is 10.4. The van der Waals surface area contributed by atoms with Gasteiger partial charge < -0.3 is 0 Å². The Labute approximate surface area is 95.2 Å². The van der Waals surface area contributed by atoms with Gasteiger partial charge in [-0.25, -0.2) is 0 Å². The summed E-state index contributed by atoms with van der Waals surface area (Å²) < 4.78 is 0. The van der Waals surface area contributed by atoms with Crippen LogP contribution in [-0.4, -0.2) is 23.5 Å². The van der Waals surface area contributed by atoms with Gasteiger partial charge in [0.15, 0.2) is 0 Å². The number of rotatable bonds is 5. The van der Waals surface area contributed by atoms with Crippen LogP contribution in [-0.2, 0) is 0 Å². The molecule has 0 unspecified atom stereocenters. The molecule has 0 spiro atoms. The van der Waals surface area contributed by atoms with Gasteiger partial charge in [0.2, 0.25) is 0 Å². The fraction of sp³-hybridized carbons (Fsp3) is 1.00. The van der Waals surface area contributed by atoms with Gasteiger partial charge in [-0.3, -0.25) is 4.90 Å². The number of hydrogen-bond donors (Lipinski definition) is 0. The number of fused-ring (bicyclic) bond motifs is 1. The third-order valence-electron chi connectivity index (χ3n) is 4.36. The van der Waals surface area contributed by atoms with Gasteiger partial charge in [0.1, 0.15) is 0 Å². The monoisotopic (exact) mass is 209 g/mol. The topological polar surface area (TPSA) is 3.24 Å². The standard InChI is InChI=1S/C14H27N/c1-2-3-4-5-8-13-9-6-10-14-11-7-12-15(13)14/h13-14H,2-12H2,1H3/t13-,14+/m1/s1. The van der Waals surface area contributed by atoms with E-state index in [9.17, 15) is 0 Å². The molecule has 0 bridgehead atoms. The predicted octanol–water partition coefficient (Wildman–Crippen LogP) is 3.97. The van der Waals surface area contributed by atoms with Gasteiger partial charge in [-0.2, -0.15) is 0 Å². The van der Waals surface area contributed by atoms with E-state index in [1.54, 1.807) is 0 Å². The molecule has 0 radical (unpaired) electrons. The average molecular weight is 209 g/mol. The largest absolute Gasteiger partial charge is 0.297 e. The van der Waals surface area contributed by atoms with Crippen molar-refractivity contribution < 1.29 is 0 Å². The highest BCUT2D eigenvalue weighted by molar-refractivity contribution is 4.88. The van der Waals surface area contributed by atoms with Gasteiger partial charge in [-0.15, -0.1) is 0 Å². The van der Waals surface area contributed by atoms with E-state index in [1.165, 1.54) is 70.8 Å². The minimum absolute atomic E-state index is 0.961. The quantitative estimate of drug-likeness (QED) is 0.619. The van der Waals surface area contributed by atoms with Crippen molar-refractivity contribution in [3.8, 4) is 0 Å². The summed E-state index contributed by atoms with van der Waals surface area (Å²) >= 11 is 0. The lowest BCUT2D eigenvalue weighted by atomic mass is 9.93. The number of hydrogen-bond acceptors (Lipinski definition) is 1. The van der Waals surface area contributed by atoms with Crippen LogP contribution in [0.3, 0.4) is 0 Å². The van der Waals surface area contributed by atoms with Gasteiger partial charge in [-0.1, -0.05) is 39.0 Å². The van der Waals surface area contributed by atoms with Crippen molar-refractivity contribution in [2.45, 2.75) is 83.2 Å². The van der Waals surface area contributed by atoms with Crippen molar-refractivity contribution in [3.63, 3.8) is 0 Å². The summed E-state index contributed by atoms with van der Waals surface area (Å²) in [5.74, 6) is 0. The Kier molecular flexibility index (Phi) is 4.49. The predicted molar refractivity (Wildman–Crippen MR) is 66.1 cm³/mol. The van der Waals surface area contributed by atoms with Crippen molar-refractivity contribution in [2.75, 3.05) is 6.54 Å². The van der Waals surface area contributed by atoms with E-state index >= 15 is 0 Å². The zero-order chi connectivity index (χ0) is 10.5. The molecule has 1 heteroatoms. The average Bonchev–Trinajstić information content (AvgIpc) is 2.73. The molecular weight excluding hydrogens is 182 g/mol. The van der Waals surface area contributed by atoms with Gasteiger partial charge >= 0.3 is 0 Å². The van der Waals surface area contributed by atoms with E-state index in [-0.39, 0.29) is 0 Å². The van der Waals surface area contributed by atoms with Crippen LogP contribution < -0.4 is 0 Å². The van der Waals surface area contributed by atoms with Crippen LogP contribution in [0.4, 0.5) is 0 Å². The Balaban J connectivity index is 1.71. The molecule has 2 heterocycles. The zero-order valence-electron chi connectivity index (χ0n) is 10.4. The highest BCUT2D eigenvalue weighted by Crippen LogP contribution is 2.32. The maximum Gasteiger partial charge on any atom is 0.00986 e. The highest BCUT2D eigenvalue weighted by atomic mass is 15.2. The van der Waals surface area contributed by atoms with Crippen LogP contribution in [0.25, 0.3) is 0 Å². The molecule has 2 fully saturated rings. The van der Waals surface area contributed by atoms with Gasteiger partial charge in [-0.05, 0) is 38.6 Å². The Bertz CT molecular complexity index is 178. The highest BCUT2D eigenvalue weighted by Gasteiger charge is 2.32. The first kappa shape index (κ1) is 11.4. The van der Waals surface area contributed by atoms with E-state index in [4.69, 9.17) is 0 Å². The summed E-state index contributed by atoms with van der Waals surface area (Å²) in [6.45, 7) is 3.71. The molecule has 0 saturated carbocycles. The third kappa shape index (κ3) is 2.96. The molecule has 0 aromatic heterocycles. The maximum absolute atomic E-state index is 2.84. The summed E-state index contributed by atoms with van der Waals surface area (Å²) in [6, 6.07) is 1.94. The minimum atomic E-state index is 0.961. The van der Waals surface area contributed by atoms with E-state index in [1.807, 2.05) is 0 Å². The molecule has 0 amide bonds. The van der Waals surface area contributed by atoms with E-state index in [0.29, 0.717) is 0 Å². The van der Waals surface area contributed by atoms with Crippen LogP contribution in [0.15, 0.2) is 0 Å². The van der Waals surface area contributed by atoms with Crippen molar-refractivity contribution in [1.29, 1.82) is 0 Å². The Morgan fingerprint density at radius 3 is 2.73 bits per heavy atom.